The fourth-order valence-electron chi connectivity index (χ4n) is 2.75. The molecule has 31 heavy (non-hydrogen) atoms. The average molecular weight is 458 g/mol. The Balaban J connectivity index is 2.31. The summed E-state index contributed by atoms with van der Waals surface area (Å²) in [5, 5.41) is 5.99. The third kappa shape index (κ3) is 5.97. The maximum absolute atomic E-state index is 13.1. The first-order valence-electron chi connectivity index (χ1n) is 8.97. The molecule has 0 atom stereocenters. The van der Waals surface area contributed by atoms with Gasteiger partial charge in [-0.1, -0.05) is 35.0 Å². The van der Waals surface area contributed by atoms with Crippen molar-refractivity contribution in [1.29, 1.82) is 0 Å². The van der Waals surface area contributed by atoms with E-state index < -0.39 is 17.7 Å². The molecule has 2 aromatic rings. The lowest BCUT2D eigenvalue weighted by Gasteiger charge is -2.11. The summed E-state index contributed by atoms with van der Waals surface area (Å²) in [6.07, 6.45) is -4.57. The van der Waals surface area contributed by atoms with E-state index in [4.69, 9.17) is 26.0 Å². The molecule has 0 aliphatic rings. The number of nitrogens with zero attached hydrogens (tertiary/aromatic N) is 1. The fourth-order valence-corrected chi connectivity index (χ4v) is 2.98. The van der Waals surface area contributed by atoms with Crippen molar-refractivity contribution in [1.82, 2.24) is 0 Å². The summed E-state index contributed by atoms with van der Waals surface area (Å²) in [4.78, 5) is 22.3. The Hall–Kier alpha value is -3.07. The van der Waals surface area contributed by atoms with Crippen molar-refractivity contribution in [3.05, 3.63) is 69.2 Å². The van der Waals surface area contributed by atoms with Crippen LogP contribution in [0.25, 0.3) is 0 Å². The molecule has 0 spiro atoms. The SMILES string of the molecule is CO/N=C(/C(=O)OC)c1cccc(C)c1CO/[NH+]=C(\C)c1ccc(Cl)c(C(F)(F)F)c1. The predicted molar refractivity (Wildman–Crippen MR) is 109 cm³/mol. The number of hydrogen-bond acceptors (Lipinski definition) is 5. The molecule has 0 aliphatic heterocycles. The van der Waals surface area contributed by atoms with E-state index in [1.165, 1.54) is 26.4 Å². The third-order valence-electron chi connectivity index (χ3n) is 4.37. The first kappa shape index (κ1) is 24.2. The average Bonchev–Trinajstić information content (AvgIpc) is 2.72. The van der Waals surface area contributed by atoms with Crippen LogP contribution in [-0.2, 0) is 32.0 Å². The standard InChI is InChI=1S/C21H20ClF3N2O4/c1-12-6-5-7-15(19(27-30-4)20(28)29-3)16(12)11-31-26-13(2)14-8-9-18(22)17(10-14)21(23,24)25/h5-10H,11H2,1-4H3/p+1/b26-13+,27-19+. The van der Waals surface area contributed by atoms with Gasteiger partial charge in [0.25, 0.3) is 0 Å². The quantitative estimate of drug-likeness (QED) is 0.394. The summed E-state index contributed by atoms with van der Waals surface area (Å²) < 4.78 is 44.0. The molecule has 166 valence electrons. The normalized spacial score (nSPS) is 12.5. The zero-order valence-corrected chi connectivity index (χ0v) is 18.0. The highest BCUT2D eigenvalue weighted by atomic mass is 35.5. The van der Waals surface area contributed by atoms with Crippen molar-refractivity contribution in [2.75, 3.05) is 14.2 Å². The highest BCUT2D eigenvalue weighted by Gasteiger charge is 2.33. The molecule has 0 fully saturated rings. The number of carbonyl (C=O) groups excluding carboxylic acids is 1. The van der Waals surface area contributed by atoms with Gasteiger partial charge in [-0.2, -0.15) is 13.2 Å². The number of oxime groups is 1. The van der Waals surface area contributed by atoms with Crippen molar-refractivity contribution >= 4 is 29.0 Å². The molecule has 0 saturated carbocycles. The molecule has 0 amide bonds. The second-order valence-electron chi connectivity index (χ2n) is 6.42. The number of carbonyl (C=O) groups is 1. The largest absolute Gasteiger partial charge is 0.464 e. The van der Waals surface area contributed by atoms with Crippen molar-refractivity contribution in [3.8, 4) is 0 Å². The Morgan fingerprint density at radius 2 is 1.90 bits per heavy atom. The molecular formula is C21H21ClF3N2O4+. The Morgan fingerprint density at radius 3 is 2.52 bits per heavy atom. The van der Waals surface area contributed by atoms with E-state index in [-0.39, 0.29) is 22.9 Å². The molecule has 2 aromatic carbocycles. The van der Waals surface area contributed by atoms with Gasteiger partial charge in [0.1, 0.15) is 7.11 Å². The zero-order chi connectivity index (χ0) is 23.2. The number of rotatable bonds is 7. The predicted octanol–water partition coefficient (Wildman–Crippen LogP) is 3.21. The highest BCUT2D eigenvalue weighted by molar-refractivity contribution is 6.43. The van der Waals surface area contributed by atoms with Gasteiger partial charge in [-0.05, 0) is 35.8 Å². The summed E-state index contributed by atoms with van der Waals surface area (Å²) in [7, 11) is 2.52. The number of benzene rings is 2. The van der Waals surface area contributed by atoms with Crippen LogP contribution in [0.4, 0.5) is 13.2 Å². The van der Waals surface area contributed by atoms with E-state index in [0.717, 1.165) is 11.6 Å². The van der Waals surface area contributed by atoms with Gasteiger partial charge in [0.05, 0.1) is 17.7 Å². The van der Waals surface area contributed by atoms with Gasteiger partial charge >= 0.3 is 12.1 Å². The van der Waals surface area contributed by atoms with Crippen LogP contribution in [0.2, 0.25) is 5.02 Å². The van der Waals surface area contributed by atoms with Crippen molar-refractivity contribution in [3.63, 3.8) is 0 Å². The second kappa shape index (κ2) is 10.3. The van der Waals surface area contributed by atoms with Gasteiger partial charge in [0.15, 0.2) is 12.3 Å². The van der Waals surface area contributed by atoms with E-state index in [1.54, 1.807) is 19.1 Å². The van der Waals surface area contributed by atoms with Crippen LogP contribution < -0.4 is 5.16 Å². The highest BCUT2D eigenvalue weighted by Crippen LogP contribution is 2.35. The number of ether oxygens (including phenoxy) is 1. The minimum atomic E-state index is -4.57. The van der Waals surface area contributed by atoms with Gasteiger partial charge < -0.3 is 9.57 Å². The molecular weight excluding hydrogens is 437 g/mol. The first-order valence-corrected chi connectivity index (χ1v) is 9.34. The Labute approximate surface area is 182 Å². The lowest BCUT2D eigenvalue weighted by molar-refractivity contribution is -0.758. The van der Waals surface area contributed by atoms with Crippen LogP contribution in [0.1, 0.15) is 34.7 Å². The van der Waals surface area contributed by atoms with E-state index in [9.17, 15) is 18.0 Å². The van der Waals surface area contributed by atoms with E-state index >= 15 is 0 Å². The number of methoxy groups -OCH3 is 1. The first-order chi connectivity index (χ1) is 14.6. The molecule has 0 saturated heterocycles. The number of esters is 1. The second-order valence-corrected chi connectivity index (χ2v) is 6.83. The molecule has 0 heterocycles. The number of alkyl halides is 3. The smallest absolute Gasteiger partial charge is 0.417 e. The summed E-state index contributed by atoms with van der Waals surface area (Å²) in [6, 6.07) is 8.77. The molecule has 0 radical (unpaired) electrons. The summed E-state index contributed by atoms with van der Waals surface area (Å²) in [6.45, 7) is 3.36. The minimum absolute atomic E-state index is 0.0151. The number of aryl methyl sites for hydroxylation is 1. The van der Waals surface area contributed by atoms with Gasteiger partial charge in [-0.3, -0.25) is 4.84 Å². The molecule has 0 bridgehead atoms. The van der Waals surface area contributed by atoms with Crippen LogP contribution in [0.15, 0.2) is 41.6 Å². The van der Waals surface area contributed by atoms with Crippen LogP contribution in [0.3, 0.4) is 0 Å². The van der Waals surface area contributed by atoms with Gasteiger partial charge in [-0.15, -0.1) is 0 Å². The third-order valence-corrected chi connectivity index (χ3v) is 4.70. The Kier molecular flexibility index (Phi) is 8.04. The van der Waals surface area contributed by atoms with Crippen molar-refractivity contribution < 1.29 is 37.5 Å². The molecule has 0 unspecified atom stereocenters. The van der Waals surface area contributed by atoms with Gasteiger partial charge in [-0.25, -0.2) is 4.79 Å². The fraction of sp³-hybridized carbons (Fsp3) is 0.286. The topological polar surface area (TPSA) is 71.1 Å². The van der Waals surface area contributed by atoms with Crippen LogP contribution in [0, 0.1) is 6.92 Å². The lowest BCUT2D eigenvalue weighted by atomic mass is 9.99. The maximum Gasteiger partial charge on any atom is 0.417 e. The van der Waals surface area contributed by atoms with E-state index in [2.05, 4.69) is 10.3 Å². The maximum atomic E-state index is 13.1. The number of hydrogen-bond donors (Lipinski definition) is 1. The van der Waals surface area contributed by atoms with Crippen LogP contribution in [0.5, 0.6) is 0 Å². The monoisotopic (exact) mass is 457 g/mol. The minimum Gasteiger partial charge on any atom is -0.464 e. The lowest BCUT2D eigenvalue weighted by Crippen LogP contribution is -2.71. The molecule has 0 aliphatic carbocycles. The Bertz CT molecular complexity index is 1020. The van der Waals surface area contributed by atoms with Crippen LogP contribution >= 0.6 is 11.6 Å². The number of nitrogens with one attached hydrogen (secondary N) is 1. The summed E-state index contributed by atoms with van der Waals surface area (Å²) in [5.41, 5.74) is 1.49. The van der Waals surface area contributed by atoms with Crippen molar-refractivity contribution in [2.24, 2.45) is 5.16 Å². The van der Waals surface area contributed by atoms with E-state index in [1.807, 2.05) is 13.0 Å². The summed E-state index contributed by atoms with van der Waals surface area (Å²) in [5.74, 6) is -0.690. The molecule has 10 heteroatoms. The van der Waals surface area contributed by atoms with Crippen LogP contribution in [-0.4, -0.2) is 31.6 Å². The molecule has 0 aromatic heterocycles. The molecule has 1 N–H and O–H groups in total. The zero-order valence-electron chi connectivity index (χ0n) is 17.3. The molecule has 6 nitrogen and oxygen atoms in total. The van der Waals surface area contributed by atoms with Gasteiger partial charge in [0.2, 0.25) is 5.71 Å². The van der Waals surface area contributed by atoms with Crippen molar-refractivity contribution in [2.45, 2.75) is 26.6 Å². The van der Waals surface area contributed by atoms with E-state index in [0.29, 0.717) is 16.8 Å². The molecule has 2 rings (SSSR count). The summed E-state index contributed by atoms with van der Waals surface area (Å²) >= 11 is 5.66. The Morgan fingerprint density at radius 1 is 1.19 bits per heavy atom. The number of halogens is 4. The van der Waals surface area contributed by atoms with Gasteiger partial charge in [0, 0.05) is 23.6 Å².